The Morgan fingerprint density at radius 2 is 1.79 bits per heavy atom. The number of alkyl halides is 2. The highest BCUT2D eigenvalue weighted by Crippen LogP contribution is 2.46. The summed E-state index contributed by atoms with van der Waals surface area (Å²) < 4.78 is 69.0. The molecule has 0 radical (unpaired) electrons. The number of nitrogens with zero attached hydrogens (tertiary/aromatic N) is 3. The summed E-state index contributed by atoms with van der Waals surface area (Å²) in [5, 5.41) is 4.45. The minimum absolute atomic E-state index is 0.0545. The molecule has 4 bridgehead atoms. The Balaban J connectivity index is 1.28. The fourth-order valence-corrected chi connectivity index (χ4v) is 8.36. The number of halogens is 2. The van der Waals surface area contributed by atoms with Crippen LogP contribution in [0.1, 0.15) is 52.0 Å². The molecular weight excluding hydrogens is 751 g/mol. The summed E-state index contributed by atoms with van der Waals surface area (Å²) in [5.41, 5.74) is -0.518. The number of nitrogens with one attached hydrogen (secondary N) is 3. The van der Waals surface area contributed by atoms with E-state index in [2.05, 4.69) is 21.9 Å². The fraction of sp³-hybridized carbons (Fsp3) is 0.436. The number of carbonyl (C=O) groups excluding carboxylic acids is 4. The van der Waals surface area contributed by atoms with Crippen molar-refractivity contribution in [3.05, 3.63) is 72.8 Å². The van der Waals surface area contributed by atoms with E-state index in [1.807, 2.05) is 0 Å². The lowest BCUT2D eigenvalue weighted by Gasteiger charge is -2.35. The van der Waals surface area contributed by atoms with Crippen molar-refractivity contribution in [3.8, 4) is 17.1 Å². The van der Waals surface area contributed by atoms with Gasteiger partial charge in [0, 0.05) is 17.9 Å². The Labute approximate surface area is 322 Å². The monoisotopic (exact) mass is 792 g/mol. The maximum Gasteiger partial charge on any atom is 0.408 e. The molecule has 2 aliphatic heterocycles. The minimum Gasteiger partial charge on any atom is -0.471 e. The van der Waals surface area contributed by atoms with Crippen molar-refractivity contribution in [1.82, 2.24) is 30.2 Å². The van der Waals surface area contributed by atoms with Gasteiger partial charge in [0.25, 0.3) is 11.8 Å². The number of carbonyl (C=O) groups is 4. The molecule has 3 aromatic rings. The van der Waals surface area contributed by atoms with Gasteiger partial charge in [0.15, 0.2) is 6.61 Å². The van der Waals surface area contributed by atoms with Crippen LogP contribution in [0.15, 0.2) is 67.3 Å². The number of cyclic esters (lactones) is 1. The summed E-state index contributed by atoms with van der Waals surface area (Å²) >= 11 is 0. The molecule has 14 nitrogen and oxygen atoms in total. The van der Waals surface area contributed by atoms with Crippen molar-refractivity contribution in [1.29, 1.82) is 0 Å². The molecule has 3 fully saturated rings. The smallest absolute Gasteiger partial charge is 0.408 e. The highest BCUT2D eigenvalue weighted by molar-refractivity contribution is 7.91. The van der Waals surface area contributed by atoms with Gasteiger partial charge in [0.1, 0.15) is 29.4 Å². The maximum absolute atomic E-state index is 15.0. The number of para-hydroxylation sites is 2. The molecule has 3 N–H and O–H groups in total. The van der Waals surface area contributed by atoms with Crippen LogP contribution in [0, 0.1) is 11.3 Å². The number of aromatic nitrogens is 2. The van der Waals surface area contributed by atoms with Gasteiger partial charge < -0.3 is 25.0 Å². The van der Waals surface area contributed by atoms with Gasteiger partial charge in [0.05, 0.1) is 22.8 Å². The van der Waals surface area contributed by atoms with Gasteiger partial charge >= 0.3 is 6.09 Å². The third kappa shape index (κ3) is 7.94. The van der Waals surface area contributed by atoms with Crippen LogP contribution in [-0.4, -0.2) is 95.2 Å². The van der Waals surface area contributed by atoms with E-state index in [4.69, 9.17) is 19.4 Å². The molecule has 2 saturated carbocycles. The number of amides is 4. The van der Waals surface area contributed by atoms with Crippen molar-refractivity contribution in [2.75, 3.05) is 13.2 Å². The number of benzene rings is 2. The van der Waals surface area contributed by atoms with Crippen LogP contribution in [0.5, 0.6) is 5.88 Å². The number of fused-ring (bicyclic) bond motifs is 7. The van der Waals surface area contributed by atoms with Crippen LogP contribution in [0.4, 0.5) is 13.6 Å². The molecule has 4 aliphatic rings. The second kappa shape index (κ2) is 14.2. The quantitative estimate of drug-likeness (QED) is 0.307. The van der Waals surface area contributed by atoms with Crippen molar-refractivity contribution in [2.24, 2.45) is 11.3 Å². The van der Waals surface area contributed by atoms with Crippen LogP contribution in [0.25, 0.3) is 28.4 Å². The van der Waals surface area contributed by atoms with Gasteiger partial charge in [-0.25, -0.2) is 23.2 Å². The fourth-order valence-electron chi connectivity index (χ4n) is 7.00. The molecule has 3 heterocycles. The molecule has 1 aromatic heterocycles. The maximum atomic E-state index is 15.0. The third-order valence-corrected chi connectivity index (χ3v) is 12.2. The van der Waals surface area contributed by atoms with E-state index in [0.29, 0.717) is 41.1 Å². The predicted molar refractivity (Wildman–Crippen MR) is 200 cm³/mol. The first-order chi connectivity index (χ1) is 26.4. The van der Waals surface area contributed by atoms with E-state index in [0.717, 1.165) is 0 Å². The van der Waals surface area contributed by atoms with Crippen LogP contribution in [0.2, 0.25) is 0 Å². The zero-order valence-corrected chi connectivity index (χ0v) is 31.8. The first-order valence-corrected chi connectivity index (χ1v) is 19.8. The Bertz CT molecular complexity index is 2260. The Morgan fingerprint density at radius 1 is 1.07 bits per heavy atom. The SMILES string of the molecule is C=C[C@@H]1C[C@]1(NC(=O)[C@@H]1C[C@@H]2CN1C(=O)[C@H](C(C)(C)C)NC(=O)OCC(F)(F)C=Cc1cccc(c1)-c1nc3ccccc3nc1O2)C(=O)NS(=O)(=O)C1CC1. The molecule has 1 saturated heterocycles. The average molecular weight is 793 g/mol. The summed E-state index contributed by atoms with van der Waals surface area (Å²) in [5.74, 6) is -6.58. The lowest BCUT2D eigenvalue weighted by molar-refractivity contribution is -0.143. The van der Waals surface area contributed by atoms with Crippen molar-refractivity contribution in [3.63, 3.8) is 0 Å². The van der Waals surface area contributed by atoms with Crippen LogP contribution in [0.3, 0.4) is 0 Å². The molecular formula is C39H42F2N6O8S. The molecule has 5 atom stereocenters. The predicted octanol–water partition coefficient (Wildman–Crippen LogP) is 4.12. The lowest BCUT2D eigenvalue weighted by Crippen LogP contribution is -2.60. The largest absolute Gasteiger partial charge is 0.471 e. The van der Waals surface area contributed by atoms with E-state index in [-0.39, 0.29) is 31.0 Å². The van der Waals surface area contributed by atoms with Crippen molar-refractivity contribution >= 4 is 50.9 Å². The molecule has 0 unspecified atom stereocenters. The van der Waals surface area contributed by atoms with Gasteiger partial charge in [-0.05, 0) is 54.5 Å². The minimum atomic E-state index is -3.96. The highest BCUT2D eigenvalue weighted by Gasteiger charge is 2.62. The molecule has 296 valence electrons. The second-order valence-corrected chi connectivity index (χ2v) is 17.7. The molecule has 17 heteroatoms. The van der Waals surface area contributed by atoms with Gasteiger partial charge in [0.2, 0.25) is 27.7 Å². The van der Waals surface area contributed by atoms with E-state index in [9.17, 15) is 27.6 Å². The Kier molecular flexibility index (Phi) is 9.87. The standard InChI is InChI=1S/C39H42F2N6O8S/c1-5-24-19-39(24,35(50)46-56(52,53)26-13-14-26)45-32(48)29-18-25-20-47(29)34(49)31(37(2,3)4)44-36(51)54-21-38(40,41)16-15-22-9-8-10-23(17-22)30-33(55-25)43-28-12-7-6-11-27(28)42-30/h5-12,15-17,24-26,29,31H,1,13-14,18-21H2,2-4H3,(H,44,51)(H,45,48)(H,46,50)/t24-,25-,29+,31-,39-/m1/s1. The van der Waals surface area contributed by atoms with Crippen molar-refractivity contribution in [2.45, 2.75) is 81.4 Å². The highest BCUT2D eigenvalue weighted by atomic mass is 32.2. The Morgan fingerprint density at radius 3 is 2.45 bits per heavy atom. The summed E-state index contributed by atoms with van der Waals surface area (Å²) in [6.07, 6.45) is 1.87. The molecule has 2 aliphatic carbocycles. The number of hydrogen-bond donors (Lipinski definition) is 3. The molecule has 0 spiro atoms. The summed E-state index contributed by atoms with van der Waals surface area (Å²) in [7, 11) is -3.96. The molecule has 56 heavy (non-hydrogen) atoms. The number of sulfonamides is 1. The van der Waals surface area contributed by atoms with E-state index in [1.54, 1.807) is 69.3 Å². The topological polar surface area (TPSA) is 186 Å². The summed E-state index contributed by atoms with van der Waals surface area (Å²) in [4.78, 5) is 66.1. The summed E-state index contributed by atoms with van der Waals surface area (Å²) in [6.45, 7) is 7.14. The average Bonchev–Trinajstić information content (AvgIpc) is 4.08. The number of rotatable bonds is 6. The Hall–Kier alpha value is -5.45. The van der Waals surface area contributed by atoms with E-state index >= 15 is 8.78 Å². The van der Waals surface area contributed by atoms with Crippen LogP contribution >= 0.6 is 0 Å². The zero-order chi connectivity index (χ0) is 40.2. The lowest BCUT2D eigenvalue weighted by atomic mass is 9.85. The van der Waals surface area contributed by atoms with E-state index < -0.39 is 86.7 Å². The zero-order valence-electron chi connectivity index (χ0n) is 31.0. The second-order valence-electron chi connectivity index (χ2n) is 15.8. The first-order valence-electron chi connectivity index (χ1n) is 18.2. The van der Waals surface area contributed by atoms with Crippen molar-refractivity contribution < 1.29 is 45.9 Å². The normalized spacial score (nSPS) is 26.4. The van der Waals surface area contributed by atoms with Gasteiger partial charge in [-0.2, -0.15) is 8.78 Å². The van der Waals surface area contributed by atoms with E-state index in [1.165, 1.54) is 17.1 Å². The van der Waals surface area contributed by atoms with Gasteiger partial charge in [-0.15, -0.1) is 6.58 Å². The first kappa shape index (κ1) is 38.8. The molecule has 4 amide bonds. The third-order valence-electron chi connectivity index (χ3n) is 10.4. The van der Waals surface area contributed by atoms with Crippen LogP contribution in [-0.2, 0) is 29.1 Å². The number of alkyl carbamates (subject to hydrolysis) is 1. The molecule has 2 aromatic carbocycles. The summed E-state index contributed by atoms with van der Waals surface area (Å²) in [6, 6.07) is 10.9. The number of ether oxygens (including phenoxy) is 2. The van der Waals surface area contributed by atoms with Gasteiger partial charge in [-0.1, -0.05) is 63.3 Å². The van der Waals surface area contributed by atoms with Gasteiger partial charge in [-0.3, -0.25) is 19.1 Å². The molecule has 7 rings (SSSR count). The number of hydrogen-bond acceptors (Lipinski definition) is 10. The van der Waals surface area contributed by atoms with Crippen LogP contribution < -0.4 is 20.1 Å².